The molecule has 1 N–H and O–H groups in total. The first-order chi connectivity index (χ1) is 12.4. The van der Waals surface area contributed by atoms with Crippen LogP contribution in [0, 0.1) is 0 Å². The molecule has 1 amide bonds. The lowest BCUT2D eigenvalue weighted by Crippen LogP contribution is -2.50. The van der Waals surface area contributed by atoms with Crippen LogP contribution in [0.4, 0.5) is 0 Å². The van der Waals surface area contributed by atoms with Gasteiger partial charge in [0, 0.05) is 36.4 Å². The fourth-order valence-corrected chi connectivity index (χ4v) is 3.41. The molecule has 0 spiro atoms. The van der Waals surface area contributed by atoms with E-state index in [1.54, 1.807) is 16.8 Å². The number of fused-ring (bicyclic) bond motifs is 1. The monoisotopic (exact) mass is 379 g/mol. The molecule has 26 heavy (non-hydrogen) atoms. The topological polar surface area (TPSA) is 75.0 Å². The molecule has 0 aliphatic carbocycles. The summed E-state index contributed by atoms with van der Waals surface area (Å²) < 4.78 is 7.57. The zero-order valence-corrected chi connectivity index (χ0v) is 15.4. The maximum atomic E-state index is 12.7. The molecule has 1 aromatic carbocycles. The van der Waals surface area contributed by atoms with Crippen molar-refractivity contribution in [3.63, 3.8) is 0 Å². The number of carboxylic acid groups (broad SMARTS) is 1. The summed E-state index contributed by atoms with van der Waals surface area (Å²) in [6.07, 6.45) is 1.70. The highest BCUT2D eigenvalue weighted by atomic mass is 35.5. The largest absolute Gasteiger partial charge is 0.480 e. The summed E-state index contributed by atoms with van der Waals surface area (Å²) in [5.74, 6) is -0.869. The number of amides is 1. The number of rotatable bonds is 6. The predicted molar refractivity (Wildman–Crippen MR) is 98.4 cm³/mol. The third-order valence-electron chi connectivity index (χ3n) is 4.45. The third-order valence-corrected chi connectivity index (χ3v) is 4.69. The number of hydrogen-bond donors (Lipinski definition) is 1. The average Bonchev–Trinajstić information content (AvgIpc) is 2.96. The van der Waals surface area contributed by atoms with Gasteiger partial charge in [0.25, 0.3) is 0 Å². The molecular formula is C18H22ClN3O4. The van der Waals surface area contributed by atoms with Gasteiger partial charge in [-0.05, 0) is 30.6 Å². The second kappa shape index (κ2) is 8.07. The molecule has 0 radical (unpaired) electrons. The summed E-state index contributed by atoms with van der Waals surface area (Å²) in [5.41, 5.74) is 0.928. The number of ether oxygens (including phenoxy) is 1. The van der Waals surface area contributed by atoms with E-state index in [4.69, 9.17) is 21.4 Å². The molecule has 8 heteroatoms. The second-order valence-electron chi connectivity index (χ2n) is 6.57. The number of halogens is 1. The number of carbonyl (C=O) groups excluding carboxylic acids is 1. The molecule has 1 aromatic heterocycles. The van der Waals surface area contributed by atoms with E-state index in [1.165, 1.54) is 0 Å². The lowest BCUT2D eigenvalue weighted by atomic mass is 10.2. The van der Waals surface area contributed by atoms with Gasteiger partial charge in [0.2, 0.25) is 5.91 Å². The highest BCUT2D eigenvalue weighted by Crippen LogP contribution is 2.21. The molecule has 7 nitrogen and oxygen atoms in total. The van der Waals surface area contributed by atoms with Crippen LogP contribution in [0.5, 0.6) is 0 Å². The van der Waals surface area contributed by atoms with E-state index in [-0.39, 0.29) is 25.1 Å². The minimum atomic E-state index is -0.880. The zero-order valence-electron chi connectivity index (χ0n) is 14.6. The maximum absolute atomic E-state index is 12.7. The average molecular weight is 380 g/mol. The van der Waals surface area contributed by atoms with Gasteiger partial charge in [0.1, 0.15) is 6.54 Å². The van der Waals surface area contributed by atoms with Crippen LogP contribution >= 0.6 is 11.6 Å². The standard InChI is InChI=1S/C18H22ClN3O4/c1-20(12-18(24)25)9-15-10-22(6-7-26-15)17(23)11-21-5-4-13-2-3-14(19)8-16(13)21/h2-5,8,15H,6-7,9-12H2,1H3,(H,24,25). The van der Waals surface area contributed by atoms with Crippen molar-refractivity contribution in [2.45, 2.75) is 12.6 Å². The number of hydrogen-bond acceptors (Lipinski definition) is 4. The Morgan fingerprint density at radius 1 is 1.38 bits per heavy atom. The van der Waals surface area contributed by atoms with E-state index in [9.17, 15) is 9.59 Å². The normalized spacial score (nSPS) is 17.8. The Morgan fingerprint density at radius 2 is 2.19 bits per heavy atom. The Hall–Kier alpha value is -2.09. The van der Waals surface area contributed by atoms with Crippen molar-refractivity contribution in [1.29, 1.82) is 0 Å². The molecule has 3 rings (SSSR count). The number of carbonyl (C=O) groups is 2. The third kappa shape index (κ3) is 4.55. The molecule has 1 saturated heterocycles. The Kier molecular flexibility index (Phi) is 5.80. The van der Waals surface area contributed by atoms with Gasteiger partial charge in [-0.2, -0.15) is 0 Å². The summed E-state index contributed by atoms with van der Waals surface area (Å²) in [6.45, 7) is 2.11. The Morgan fingerprint density at radius 3 is 2.96 bits per heavy atom. The number of carboxylic acids is 1. The summed E-state index contributed by atoms with van der Waals surface area (Å²) in [6, 6.07) is 7.58. The molecule has 140 valence electrons. The quantitative estimate of drug-likeness (QED) is 0.824. The van der Waals surface area contributed by atoms with Gasteiger partial charge in [-0.1, -0.05) is 17.7 Å². The highest BCUT2D eigenvalue weighted by Gasteiger charge is 2.25. The number of aromatic nitrogens is 1. The molecule has 1 aliphatic heterocycles. The summed E-state index contributed by atoms with van der Waals surface area (Å²) in [5, 5.41) is 10.5. The zero-order chi connectivity index (χ0) is 18.7. The van der Waals surface area contributed by atoms with Gasteiger partial charge in [0.15, 0.2) is 0 Å². The lowest BCUT2D eigenvalue weighted by molar-refractivity contribution is -0.142. The summed E-state index contributed by atoms with van der Waals surface area (Å²) in [7, 11) is 1.73. The van der Waals surface area contributed by atoms with Crippen LogP contribution in [-0.4, -0.2) is 77.3 Å². The van der Waals surface area contributed by atoms with E-state index in [0.29, 0.717) is 31.3 Å². The van der Waals surface area contributed by atoms with E-state index >= 15 is 0 Å². The second-order valence-corrected chi connectivity index (χ2v) is 7.01. The van der Waals surface area contributed by atoms with Gasteiger partial charge in [-0.15, -0.1) is 0 Å². The van der Waals surface area contributed by atoms with Crippen LogP contribution < -0.4 is 0 Å². The Balaban J connectivity index is 1.62. The van der Waals surface area contributed by atoms with Crippen molar-refractivity contribution in [3.8, 4) is 0 Å². The maximum Gasteiger partial charge on any atom is 0.317 e. The van der Waals surface area contributed by atoms with Gasteiger partial charge in [0.05, 0.1) is 19.3 Å². The van der Waals surface area contributed by atoms with Crippen molar-refractivity contribution in [3.05, 3.63) is 35.5 Å². The van der Waals surface area contributed by atoms with Crippen LogP contribution in [-0.2, 0) is 20.9 Å². The van der Waals surface area contributed by atoms with Crippen molar-refractivity contribution in [2.75, 3.05) is 39.8 Å². The first kappa shape index (κ1) is 18.7. The number of nitrogens with zero attached hydrogens (tertiary/aromatic N) is 3. The van der Waals surface area contributed by atoms with Crippen molar-refractivity contribution in [2.24, 2.45) is 0 Å². The Labute approximate surface area is 156 Å². The van der Waals surface area contributed by atoms with Crippen LogP contribution in [0.2, 0.25) is 5.02 Å². The minimum Gasteiger partial charge on any atom is -0.480 e. The summed E-state index contributed by atoms with van der Waals surface area (Å²) >= 11 is 6.06. The first-order valence-electron chi connectivity index (χ1n) is 8.46. The van der Waals surface area contributed by atoms with Gasteiger partial charge in [-0.25, -0.2) is 0 Å². The van der Waals surface area contributed by atoms with Crippen molar-refractivity contribution >= 4 is 34.4 Å². The molecule has 2 heterocycles. The minimum absolute atomic E-state index is 0.0108. The van der Waals surface area contributed by atoms with E-state index in [0.717, 1.165) is 10.9 Å². The molecule has 0 saturated carbocycles. The number of aliphatic carboxylic acids is 1. The molecule has 1 atom stereocenters. The van der Waals surface area contributed by atoms with Crippen LogP contribution in [0.3, 0.4) is 0 Å². The van der Waals surface area contributed by atoms with E-state index < -0.39 is 5.97 Å². The smallest absolute Gasteiger partial charge is 0.317 e. The lowest BCUT2D eigenvalue weighted by Gasteiger charge is -2.34. The number of morpholine rings is 1. The predicted octanol–water partition coefficient (Wildman–Crippen LogP) is 1.54. The highest BCUT2D eigenvalue weighted by molar-refractivity contribution is 6.31. The van der Waals surface area contributed by atoms with Crippen molar-refractivity contribution < 1.29 is 19.4 Å². The molecule has 1 aliphatic rings. The van der Waals surface area contributed by atoms with Gasteiger partial charge >= 0.3 is 5.97 Å². The van der Waals surface area contributed by atoms with Crippen molar-refractivity contribution in [1.82, 2.24) is 14.4 Å². The van der Waals surface area contributed by atoms with E-state index in [1.807, 2.05) is 35.0 Å². The fraction of sp³-hybridized carbons (Fsp3) is 0.444. The van der Waals surface area contributed by atoms with Gasteiger partial charge < -0.3 is 19.3 Å². The van der Waals surface area contributed by atoms with Gasteiger partial charge in [-0.3, -0.25) is 14.5 Å². The first-order valence-corrected chi connectivity index (χ1v) is 8.84. The number of benzene rings is 1. The Bertz CT molecular complexity index is 807. The molecule has 1 fully saturated rings. The molecule has 2 aromatic rings. The summed E-state index contributed by atoms with van der Waals surface area (Å²) in [4.78, 5) is 26.9. The molecule has 0 bridgehead atoms. The van der Waals surface area contributed by atoms with Crippen LogP contribution in [0.25, 0.3) is 10.9 Å². The fourth-order valence-electron chi connectivity index (χ4n) is 3.24. The SMILES string of the molecule is CN(CC(=O)O)CC1CN(C(=O)Cn2ccc3ccc(Cl)cc32)CCO1. The van der Waals surface area contributed by atoms with Crippen LogP contribution in [0.1, 0.15) is 0 Å². The molecular weight excluding hydrogens is 358 g/mol. The number of likely N-dealkylation sites (N-methyl/N-ethyl adjacent to an activating group) is 1. The van der Waals surface area contributed by atoms with E-state index in [2.05, 4.69) is 0 Å². The molecule has 1 unspecified atom stereocenters. The van der Waals surface area contributed by atoms with Crippen LogP contribution in [0.15, 0.2) is 30.5 Å².